The maximum atomic E-state index is 12.3. The number of carbonyl (C=O) groups excluding carboxylic acids is 1. The lowest BCUT2D eigenvalue weighted by Crippen LogP contribution is -2.54. The number of rotatable bonds is 2. The average molecular weight is 670 g/mol. The SMILES string of the molecule is CC(C)(C)OC(=O)N1CCC2(CCCN2c2ccc(Cl)cc2)CC1.CO.Cl.Clc1ccc(N2CCCC23CCNCC3)cc1. The van der Waals surface area contributed by atoms with E-state index in [0.29, 0.717) is 5.54 Å². The molecule has 2 spiro atoms. The third kappa shape index (κ3) is 8.88. The van der Waals surface area contributed by atoms with E-state index in [1.54, 1.807) is 0 Å². The third-order valence-electron chi connectivity index (χ3n) is 9.35. The largest absolute Gasteiger partial charge is 0.444 e. The minimum Gasteiger partial charge on any atom is -0.444 e. The molecule has 6 rings (SSSR count). The van der Waals surface area contributed by atoms with E-state index < -0.39 is 5.60 Å². The molecule has 0 radical (unpaired) electrons. The highest BCUT2D eigenvalue weighted by atomic mass is 35.5. The first-order chi connectivity index (χ1) is 20.6. The van der Waals surface area contributed by atoms with Crippen molar-refractivity contribution in [3.8, 4) is 0 Å². The molecule has 2 aromatic rings. The lowest BCUT2D eigenvalue weighted by molar-refractivity contribution is 0.0170. The second-order valence-electron chi connectivity index (χ2n) is 13.1. The molecule has 2 N–H and O–H groups in total. The normalized spacial score (nSPS) is 20.3. The van der Waals surface area contributed by atoms with E-state index in [1.165, 1.54) is 56.4 Å². The van der Waals surface area contributed by atoms with Crippen molar-refractivity contribution in [1.82, 2.24) is 10.2 Å². The number of hydrogen-bond donors (Lipinski definition) is 2. The summed E-state index contributed by atoms with van der Waals surface area (Å²) in [6.45, 7) is 11.8. The van der Waals surface area contributed by atoms with E-state index in [-0.39, 0.29) is 24.0 Å². The molecule has 44 heavy (non-hydrogen) atoms. The number of carbonyl (C=O) groups is 1. The van der Waals surface area contributed by atoms with Gasteiger partial charge in [-0.2, -0.15) is 0 Å². The molecule has 0 bridgehead atoms. The van der Waals surface area contributed by atoms with Crippen LogP contribution in [0.25, 0.3) is 0 Å². The molecule has 0 saturated carbocycles. The van der Waals surface area contributed by atoms with Crippen molar-refractivity contribution in [3.63, 3.8) is 0 Å². The van der Waals surface area contributed by atoms with Crippen LogP contribution in [0.1, 0.15) is 72.1 Å². The van der Waals surface area contributed by atoms with Crippen LogP contribution in [0.4, 0.5) is 16.2 Å². The van der Waals surface area contributed by atoms with Crippen molar-refractivity contribution in [2.45, 2.75) is 88.8 Å². The number of anilines is 2. The molecular weight excluding hydrogens is 619 g/mol. The fourth-order valence-electron chi connectivity index (χ4n) is 7.29. The van der Waals surface area contributed by atoms with Gasteiger partial charge in [-0.1, -0.05) is 23.2 Å². The maximum absolute atomic E-state index is 12.3. The number of benzene rings is 2. The van der Waals surface area contributed by atoms with Gasteiger partial charge in [0.25, 0.3) is 0 Å². The van der Waals surface area contributed by atoms with E-state index >= 15 is 0 Å². The van der Waals surface area contributed by atoms with Gasteiger partial charge in [0.15, 0.2) is 0 Å². The molecule has 0 atom stereocenters. The van der Waals surface area contributed by atoms with Crippen LogP contribution in [0.5, 0.6) is 0 Å². The van der Waals surface area contributed by atoms with Gasteiger partial charge in [0.1, 0.15) is 5.60 Å². The zero-order chi connectivity index (χ0) is 31.1. The summed E-state index contributed by atoms with van der Waals surface area (Å²) in [7, 11) is 1.00. The summed E-state index contributed by atoms with van der Waals surface area (Å²) in [6, 6.07) is 16.5. The number of nitrogens with one attached hydrogen (secondary N) is 1. The number of hydrogen-bond acceptors (Lipinski definition) is 6. The topological polar surface area (TPSA) is 68.3 Å². The molecular formula is C34H51Cl3N4O3. The number of ether oxygens (including phenoxy) is 1. The molecule has 4 fully saturated rings. The first kappa shape index (κ1) is 36.6. The number of aliphatic hydroxyl groups is 1. The minimum absolute atomic E-state index is 0. The van der Waals surface area contributed by atoms with Crippen molar-refractivity contribution in [2.24, 2.45) is 0 Å². The summed E-state index contributed by atoms with van der Waals surface area (Å²) in [5.74, 6) is 0. The van der Waals surface area contributed by atoms with Gasteiger partial charge in [-0.05, 0) is 134 Å². The van der Waals surface area contributed by atoms with E-state index in [4.69, 9.17) is 33.0 Å². The Hall–Kier alpha value is -1.90. The van der Waals surface area contributed by atoms with Gasteiger partial charge in [0, 0.05) is 65.8 Å². The predicted octanol–water partition coefficient (Wildman–Crippen LogP) is 7.80. The molecule has 246 valence electrons. The number of aliphatic hydroxyl groups excluding tert-OH is 1. The quantitative estimate of drug-likeness (QED) is 0.340. The first-order valence-corrected chi connectivity index (χ1v) is 16.5. The maximum Gasteiger partial charge on any atom is 0.410 e. The van der Waals surface area contributed by atoms with Crippen molar-refractivity contribution in [3.05, 3.63) is 58.6 Å². The summed E-state index contributed by atoms with van der Waals surface area (Å²) in [6.07, 6.45) is 9.41. The van der Waals surface area contributed by atoms with Crippen molar-refractivity contribution in [2.75, 3.05) is 56.2 Å². The van der Waals surface area contributed by atoms with Crippen LogP contribution in [0.15, 0.2) is 48.5 Å². The summed E-state index contributed by atoms with van der Waals surface area (Å²) in [5, 5.41) is 12.1. The number of amides is 1. The molecule has 4 aliphatic rings. The van der Waals surface area contributed by atoms with Crippen LogP contribution in [0.2, 0.25) is 10.0 Å². The molecule has 4 heterocycles. The van der Waals surface area contributed by atoms with Crippen LogP contribution < -0.4 is 15.1 Å². The monoisotopic (exact) mass is 668 g/mol. The Bertz CT molecular complexity index is 1160. The van der Waals surface area contributed by atoms with Crippen molar-refractivity contribution >= 4 is 53.1 Å². The minimum atomic E-state index is -0.436. The Morgan fingerprint density at radius 2 is 1.14 bits per heavy atom. The zero-order valence-electron chi connectivity index (χ0n) is 26.8. The average Bonchev–Trinajstić information content (AvgIpc) is 3.59. The molecule has 0 unspecified atom stereocenters. The van der Waals surface area contributed by atoms with Crippen molar-refractivity contribution < 1.29 is 14.6 Å². The Morgan fingerprint density at radius 1 is 0.727 bits per heavy atom. The van der Waals surface area contributed by atoms with Crippen LogP contribution in [0, 0.1) is 0 Å². The molecule has 1 amide bonds. The smallest absolute Gasteiger partial charge is 0.410 e. The molecule has 7 nitrogen and oxygen atoms in total. The highest BCUT2D eigenvalue weighted by Gasteiger charge is 2.44. The van der Waals surface area contributed by atoms with Crippen LogP contribution >= 0.6 is 35.6 Å². The molecule has 4 aliphatic heterocycles. The summed E-state index contributed by atoms with van der Waals surface area (Å²) in [5.41, 5.74) is 2.73. The third-order valence-corrected chi connectivity index (χ3v) is 9.85. The van der Waals surface area contributed by atoms with E-state index in [2.05, 4.69) is 39.4 Å². The fourth-order valence-corrected chi connectivity index (χ4v) is 7.54. The van der Waals surface area contributed by atoms with E-state index in [9.17, 15) is 4.79 Å². The number of piperidine rings is 2. The Morgan fingerprint density at radius 3 is 1.55 bits per heavy atom. The number of halogens is 3. The molecule has 4 saturated heterocycles. The van der Waals surface area contributed by atoms with E-state index in [0.717, 1.165) is 62.7 Å². The lowest BCUT2D eigenvalue weighted by Gasteiger charge is -2.46. The number of likely N-dealkylation sites (tertiary alicyclic amines) is 1. The zero-order valence-corrected chi connectivity index (χ0v) is 29.1. The fraction of sp³-hybridized carbons (Fsp3) is 0.618. The molecule has 10 heteroatoms. The second-order valence-corrected chi connectivity index (χ2v) is 14.0. The van der Waals surface area contributed by atoms with Gasteiger partial charge in [0.2, 0.25) is 0 Å². The molecule has 0 aliphatic carbocycles. The predicted molar refractivity (Wildman–Crippen MR) is 186 cm³/mol. The van der Waals surface area contributed by atoms with Crippen LogP contribution in [0.3, 0.4) is 0 Å². The standard InChI is InChI=1S/C19H27ClN2O2.C14H19ClN2.CH4O.ClH/c1-18(2,3)24-17(23)21-13-10-19(11-14-21)9-4-12-22(19)16-7-5-15(20)6-8-16;15-12-2-4-13(5-3-12)17-11-1-6-14(17)7-9-16-10-8-14;1-2;/h5-8H,4,9-14H2,1-3H3;2-5,16H,1,6-11H2;2H,1H3;1H. The Labute approximate surface area is 280 Å². The highest BCUT2D eigenvalue weighted by molar-refractivity contribution is 6.30. The van der Waals surface area contributed by atoms with Gasteiger partial charge in [-0.3, -0.25) is 0 Å². The molecule has 0 aromatic heterocycles. The highest BCUT2D eigenvalue weighted by Crippen LogP contribution is 2.42. The summed E-state index contributed by atoms with van der Waals surface area (Å²) >= 11 is 12.0. The Balaban J connectivity index is 0.000000233. The second kappa shape index (κ2) is 16.1. The van der Waals surface area contributed by atoms with Gasteiger partial charge < -0.3 is 29.9 Å². The summed E-state index contributed by atoms with van der Waals surface area (Å²) < 4.78 is 5.51. The van der Waals surface area contributed by atoms with Gasteiger partial charge in [-0.15, -0.1) is 12.4 Å². The van der Waals surface area contributed by atoms with Gasteiger partial charge in [-0.25, -0.2) is 4.79 Å². The molecule has 2 aromatic carbocycles. The van der Waals surface area contributed by atoms with Gasteiger partial charge >= 0.3 is 6.09 Å². The summed E-state index contributed by atoms with van der Waals surface area (Å²) in [4.78, 5) is 19.3. The van der Waals surface area contributed by atoms with Gasteiger partial charge in [0.05, 0.1) is 0 Å². The first-order valence-electron chi connectivity index (χ1n) is 15.8. The van der Waals surface area contributed by atoms with Crippen LogP contribution in [-0.4, -0.2) is 79.2 Å². The Kier molecular flexibility index (Phi) is 13.4. The van der Waals surface area contributed by atoms with Crippen molar-refractivity contribution in [1.29, 1.82) is 0 Å². The number of nitrogens with zero attached hydrogens (tertiary/aromatic N) is 3. The lowest BCUT2D eigenvalue weighted by atomic mass is 9.84. The van der Waals surface area contributed by atoms with E-state index in [1.807, 2.05) is 49.9 Å². The van der Waals surface area contributed by atoms with Crippen LogP contribution in [-0.2, 0) is 4.74 Å².